The SMILES string of the molecule is Cn1cc(-c2cnc3c(c2)CCC3=O)cn1. The summed E-state index contributed by atoms with van der Waals surface area (Å²) < 4.78 is 1.76. The molecule has 0 saturated heterocycles. The van der Waals surface area contributed by atoms with Crippen molar-refractivity contribution in [3.63, 3.8) is 0 Å². The number of ketones is 1. The first-order valence-corrected chi connectivity index (χ1v) is 5.25. The number of hydrogen-bond donors (Lipinski definition) is 0. The van der Waals surface area contributed by atoms with Crippen molar-refractivity contribution in [1.82, 2.24) is 14.8 Å². The first-order chi connectivity index (χ1) is 7.74. The van der Waals surface area contributed by atoms with E-state index in [4.69, 9.17) is 0 Å². The Kier molecular flexibility index (Phi) is 1.89. The number of carbonyl (C=O) groups is 1. The first-order valence-electron chi connectivity index (χ1n) is 5.25. The second-order valence-electron chi connectivity index (χ2n) is 4.06. The highest BCUT2D eigenvalue weighted by atomic mass is 16.1. The fourth-order valence-electron chi connectivity index (χ4n) is 2.05. The van der Waals surface area contributed by atoms with Gasteiger partial charge in [-0.05, 0) is 18.1 Å². The number of hydrogen-bond acceptors (Lipinski definition) is 3. The van der Waals surface area contributed by atoms with E-state index in [9.17, 15) is 4.79 Å². The number of pyridine rings is 1. The zero-order valence-corrected chi connectivity index (χ0v) is 8.97. The van der Waals surface area contributed by atoms with Crippen LogP contribution in [0.25, 0.3) is 11.1 Å². The number of fused-ring (bicyclic) bond motifs is 1. The minimum absolute atomic E-state index is 0.160. The van der Waals surface area contributed by atoms with Crippen LogP contribution in [0.2, 0.25) is 0 Å². The molecule has 0 atom stereocenters. The van der Waals surface area contributed by atoms with Crippen LogP contribution >= 0.6 is 0 Å². The standard InChI is InChI=1S/C12H11N3O/c1-15-7-10(6-14-15)9-4-8-2-3-11(16)12(8)13-5-9/h4-7H,2-3H2,1H3. The van der Waals surface area contributed by atoms with Crippen LogP contribution in [-0.4, -0.2) is 20.5 Å². The first kappa shape index (κ1) is 9.27. The van der Waals surface area contributed by atoms with Crippen LogP contribution in [-0.2, 0) is 13.5 Å². The minimum atomic E-state index is 0.160. The molecule has 0 radical (unpaired) electrons. The van der Waals surface area contributed by atoms with Gasteiger partial charge in [-0.25, -0.2) is 0 Å². The molecule has 3 rings (SSSR count). The van der Waals surface area contributed by atoms with Gasteiger partial charge in [-0.2, -0.15) is 5.10 Å². The fraction of sp³-hybridized carbons (Fsp3) is 0.250. The Morgan fingerprint density at radius 2 is 2.12 bits per heavy atom. The molecule has 2 heterocycles. The van der Waals surface area contributed by atoms with E-state index in [1.54, 1.807) is 17.1 Å². The van der Waals surface area contributed by atoms with Crippen molar-refractivity contribution in [2.45, 2.75) is 12.8 Å². The Labute approximate surface area is 92.9 Å². The third-order valence-corrected chi connectivity index (χ3v) is 2.89. The van der Waals surface area contributed by atoms with Crippen molar-refractivity contribution in [3.05, 3.63) is 35.9 Å². The molecule has 4 nitrogen and oxygen atoms in total. The predicted molar refractivity (Wildman–Crippen MR) is 59.1 cm³/mol. The second-order valence-corrected chi connectivity index (χ2v) is 4.06. The van der Waals surface area contributed by atoms with Gasteiger partial charge >= 0.3 is 0 Å². The number of aryl methyl sites for hydroxylation is 2. The lowest BCUT2D eigenvalue weighted by molar-refractivity contribution is 0.0990. The van der Waals surface area contributed by atoms with Gasteiger partial charge < -0.3 is 0 Å². The molecule has 0 fully saturated rings. The molecule has 2 aromatic heterocycles. The van der Waals surface area contributed by atoms with Gasteiger partial charge in [-0.1, -0.05) is 0 Å². The van der Waals surface area contributed by atoms with Crippen molar-refractivity contribution in [2.75, 3.05) is 0 Å². The van der Waals surface area contributed by atoms with E-state index in [0.29, 0.717) is 12.1 Å². The molecule has 0 amide bonds. The molecule has 1 aliphatic carbocycles. The molecule has 0 aromatic carbocycles. The van der Waals surface area contributed by atoms with Gasteiger partial charge in [0.2, 0.25) is 0 Å². The summed E-state index contributed by atoms with van der Waals surface area (Å²) in [5, 5.41) is 4.12. The van der Waals surface area contributed by atoms with Gasteiger partial charge in [-0.15, -0.1) is 0 Å². The van der Waals surface area contributed by atoms with Crippen LogP contribution in [0.15, 0.2) is 24.7 Å². The van der Waals surface area contributed by atoms with Gasteiger partial charge in [0.05, 0.1) is 6.20 Å². The van der Waals surface area contributed by atoms with Crippen LogP contribution in [0, 0.1) is 0 Å². The van der Waals surface area contributed by atoms with Crippen LogP contribution in [0.3, 0.4) is 0 Å². The highest BCUT2D eigenvalue weighted by Crippen LogP contribution is 2.25. The van der Waals surface area contributed by atoms with Gasteiger partial charge in [0, 0.05) is 37.0 Å². The van der Waals surface area contributed by atoms with Crippen LogP contribution in [0.5, 0.6) is 0 Å². The van der Waals surface area contributed by atoms with Crippen molar-refractivity contribution < 1.29 is 4.79 Å². The molecule has 1 aliphatic rings. The van der Waals surface area contributed by atoms with Gasteiger partial charge in [-0.3, -0.25) is 14.5 Å². The maximum absolute atomic E-state index is 11.4. The van der Waals surface area contributed by atoms with Crippen molar-refractivity contribution in [3.8, 4) is 11.1 Å². The Morgan fingerprint density at radius 1 is 1.25 bits per heavy atom. The molecule has 2 aromatic rings. The Morgan fingerprint density at radius 3 is 2.88 bits per heavy atom. The quantitative estimate of drug-likeness (QED) is 0.723. The number of rotatable bonds is 1. The van der Waals surface area contributed by atoms with Gasteiger partial charge in [0.25, 0.3) is 0 Å². The van der Waals surface area contributed by atoms with Gasteiger partial charge in [0.1, 0.15) is 5.69 Å². The summed E-state index contributed by atoms with van der Waals surface area (Å²) in [5.74, 6) is 0.160. The topological polar surface area (TPSA) is 47.8 Å². The summed E-state index contributed by atoms with van der Waals surface area (Å²) in [6.45, 7) is 0. The monoisotopic (exact) mass is 213 g/mol. The molecular weight excluding hydrogens is 202 g/mol. The highest BCUT2D eigenvalue weighted by molar-refractivity contribution is 5.98. The molecule has 0 spiro atoms. The van der Waals surface area contributed by atoms with Crippen LogP contribution in [0.1, 0.15) is 22.5 Å². The number of nitrogens with zero attached hydrogens (tertiary/aromatic N) is 3. The van der Waals surface area contributed by atoms with Gasteiger partial charge in [0.15, 0.2) is 5.78 Å². The van der Waals surface area contributed by atoms with E-state index in [1.165, 1.54) is 0 Å². The lowest BCUT2D eigenvalue weighted by Gasteiger charge is -2.00. The second kappa shape index (κ2) is 3.27. The molecular formula is C12H11N3O. The van der Waals surface area contributed by atoms with E-state index in [1.807, 2.05) is 19.3 Å². The Balaban J connectivity index is 2.08. The van der Waals surface area contributed by atoms with Crippen molar-refractivity contribution in [2.24, 2.45) is 7.05 Å². The number of carbonyl (C=O) groups excluding carboxylic acids is 1. The summed E-state index contributed by atoms with van der Waals surface area (Å²) in [5.41, 5.74) is 3.78. The van der Waals surface area contributed by atoms with Crippen LogP contribution in [0.4, 0.5) is 0 Å². The largest absolute Gasteiger partial charge is 0.292 e. The lowest BCUT2D eigenvalue weighted by atomic mass is 10.1. The lowest BCUT2D eigenvalue weighted by Crippen LogP contribution is -1.95. The van der Waals surface area contributed by atoms with E-state index < -0.39 is 0 Å². The summed E-state index contributed by atoms with van der Waals surface area (Å²) in [6, 6.07) is 2.05. The Bertz CT molecular complexity index is 571. The highest BCUT2D eigenvalue weighted by Gasteiger charge is 2.21. The molecule has 0 saturated carbocycles. The zero-order chi connectivity index (χ0) is 11.1. The molecule has 80 valence electrons. The van der Waals surface area contributed by atoms with E-state index in [2.05, 4.69) is 10.1 Å². The molecule has 0 N–H and O–H groups in total. The minimum Gasteiger partial charge on any atom is -0.292 e. The molecule has 16 heavy (non-hydrogen) atoms. The molecule has 0 unspecified atom stereocenters. The number of Topliss-reactive ketones (excluding diaryl/α,β-unsaturated/α-hetero) is 1. The zero-order valence-electron chi connectivity index (χ0n) is 8.97. The summed E-state index contributed by atoms with van der Waals surface area (Å²) in [7, 11) is 1.88. The number of aromatic nitrogens is 3. The fourth-order valence-corrected chi connectivity index (χ4v) is 2.05. The van der Waals surface area contributed by atoms with Crippen LogP contribution < -0.4 is 0 Å². The normalized spacial score (nSPS) is 14.2. The predicted octanol–water partition coefficient (Wildman–Crippen LogP) is 1.61. The Hall–Kier alpha value is -1.97. The molecule has 4 heteroatoms. The average Bonchev–Trinajstić information content (AvgIpc) is 2.86. The summed E-state index contributed by atoms with van der Waals surface area (Å²) >= 11 is 0. The van der Waals surface area contributed by atoms with E-state index >= 15 is 0 Å². The molecule has 0 aliphatic heterocycles. The van der Waals surface area contributed by atoms with Crippen molar-refractivity contribution in [1.29, 1.82) is 0 Å². The van der Waals surface area contributed by atoms with E-state index in [-0.39, 0.29) is 5.78 Å². The average molecular weight is 213 g/mol. The summed E-state index contributed by atoms with van der Waals surface area (Å²) in [4.78, 5) is 15.7. The third kappa shape index (κ3) is 1.34. The van der Waals surface area contributed by atoms with E-state index in [0.717, 1.165) is 23.1 Å². The third-order valence-electron chi connectivity index (χ3n) is 2.89. The maximum atomic E-state index is 11.4. The summed E-state index contributed by atoms with van der Waals surface area (Å²) in [6.07, 6.45) is 6.91. The molecule has 0 bridgehead atoms. The maximum Gasteiger partial charge on any atom is 0.181 e. The smallest absolute Gasteiger partial charge is 0.181 e. The van der Waals surface area contributed by atoms with Crippen molar-refractivity contribution >= 4 is 5.78 Å².